The van der Waals surface area contributed by atoms with Crippen LogP contribution in [0.4, 0.5) is 10.1 Å². The third kappa shape index (κ3) is 3.22. The zero-order chi connectivity index (χ0) is 14.7. The fourth-order valence-electron chi connectivity index (χ4n) is 2.10. The summed E-state index contributed by atoms with van der Waals surface area (Å²) >= 11 is 12.0. The van der Waals surface area contributed by atoms with Crippen molar-refractivity contribution in [1.29, 1.82) is 0 Å². The Bertz CT molecular complexity index is 594. The highest BCUT2D eigenvalue weighted by Gasteiger charge is 2.16. The van der Waals surface area contributed by atoms with Crippen molar-refractivity contribution in [1.82, 2.24) is 4.98 Å². The summed E-state index contributed by atoms with van der Waals surface area (Å²) in [7, 11) is 0. The number of anilines is 1. The van der Waals surface area contributed by atoms with Crippen molar-refractivity contribution < 1.29 is 4.39 Å². The van der Waals surface area contributed by atoms with Gasteiger partial charge in [0.05, 0.1) is 11.7 Å². The quantitative estimate of drug-likeness (QED) is 0.765. The molecule has 106 valence electrons. The summed E-state index contributed by atoms with van der Waals surface area (Å²) in [6, 6.07) is 8.27. The molecule has 0 bridgehead atoms. The summed E-state index contributed by atoms with van der Waals surface area (Å²) in [4.78, 5) is 4.01. The lowest BCUT2D eigenvalue weighted by Gasteiger charge is -2.21. The minimum Gasteiger partial charge on any atom is -0.375 e. The van der Waals surface area contributed by atoms with Gasteiger partial charge in [-0.2, -0.15) is 0 Å². The van der Waals surface area contributed by atoms with Crippen molar-refractivity contribution in [2.24, 2.45) is 0 Å². The Kier molecular flexibility index (Phi) is 4.84. The first kappa shape index (κ1) is 15.1. The van der Waals surface area contributed by atoms with Crippen LogP contribution in [0.15, 0.2) is 30.3 Å². The van der Waals surface area contributed by atoms with Gasteiger partial charge >= 0.3 is 0 Å². The Hall–Kier alpha value is -1.32. The van der Waals surface area contributed by atoms with E-state index in [1.165, 1.54) is 6.07 Å². The van der Waals surface area contributed by atoms with Crippen LogP contribution in [0.5, 0.6) is 0 Å². The van der Waals surface area contributed by atoms with E-state index in [0.717, 1.165) is 12.0 Å². The van der Waals surface area contributed by atoms with Crippen LogP contribution in [0.1, 0.15) is 30.5 Å². The van der Waals surface area contributed by atoms with E-state index >= 15 is 0 Å². The number of halogens is 3. The van der Waals surface area contributed by atoms with Crippen molar-refractivity contribution >= 4 is 28.9 Å². The molecule has 0 aliphatic rings. The lowest BCUT2D eigenvalue weighted by Crippen LogP contribution is -2.13. The minimum atomic E-state index is -0.234. The lowest BCUT2D eigenvalue weighted by atomic mass is 10.0. The average Bonchev–Trinajstić information content (AvgIpc) is 2.39. The van der Waals surface area contributed by atoms with Gasteiger partial charge in [-0.25, -0.2) is 9.37 Å². The number of benzene rings is 1. The number of aryl methyl sites for hydroxylation is 1. The first-order valence-electron chi connectivity index (χ1n) is 6.36. The third-order valence-electron chi connectivity index (χ3n) is 3.15. The Morgan fingerprint density at radius 2 is 2.00 bits per heavy atom. The smallest absolute Gasteiger partial charge is 0.154 e. The van der Waals surface area contributed by atoms with Gasteiger partial charge in [-0.1, -0.05) is 48.3 Å². The molecular weight excluding hydrogens is 298 g/mol. The first-order chi connectivity index (χ1) is 9.52. The molecule has 0 radical (unpaired) electrons. The van der Waals surface area contributed by atoms with Crippen LogP contribution in [-0.4, -0.2) is 4.98 Å². The molecule has 0 fully saturated rings. The Morgan fingerprint density at radius 3 is 2.60 bits per heavy atom. The fourth-order valence-corrected chi connectivity index (χ4v) is 2.69. The SMILES string of the molecule is CCC(Nc1c(C)cc(Cl)nc1Cl)c1ccccc1F. The van der Waals surface area contributed by atoms with E-state index in [0.29, 0.717) is 21.6 Å². The molecule has 20 heavy (non-hydrogen) atoms. The highest BCUT2D eigenvalue weighted by molar-refractivity contribution is 6.34. The van der Waals surface area contributed by atoms with Gasteiger partial charge in [0.1, 0.15) is 11.0 Å². The molecular formula is C15H15Cl2FN2. The van der Waals surface area contributed by atoms with Gasteiger partial charge in [0, 0.05) is 5.56 Å². The molecule has 0 saturated carbocycles. The Morgan fingerprint density at radius 1 is 1.30 bits per heavy atom. The zero-order valence-corrected chi connectivity index (χ0v) is 12.8. The van der Waals surface area contributed by atoms with Crippen LogP contribution >= 0.6 is 23.2 Å². The van der Waals surface area contributed by atoms with Crippen LogP contribution in [-0.2, 0) is 0 Å². The Balaban J connectivity index is 2.35. The maximum absolute atomic E-state index is 13.9. The number of nitrogens with one attached hydrogen (secondary N) is 1. The molecule has 1 aromatic carbocycles. The lowest BCUT2D eigenvalue weighted by molar-refractivity contribution is 0.587. The zero-order valence-electron chi connectivity index (χ0n) is 11.3. The first-order valence-corrected chi connectivity index (χ1v) is 7.12. The fraction of sp³-hybridized carbons (Fsp3) is 0.267. The molecule has 1 N–H and O–H groups in total. The van der Waals surface area contributed by atoms with Gasteiger partial charge in [0.15, 0.2) is 5.15 Å². The van der Waals surface area contributed by atoms with E-state index < -0.39 is 0 Å². The second-order valence-electron chi connectivity index (χ2n) is 4.55. The molecule has 0 aliphatic carbocycles. The largest absolute Gasteiger partial charge is 0.375 e. The van der Waals surface area contributed by atoms with Gasteiger partial charge in [0.25, 0.3) is 0 Å². The summed E-state index contributed by atoms with van der Waals surface area (Å²) in [6.07, 6.45) is 0.722. The molecule has 1 heterocycles. The van der Waals surface area contributed by atoms with Crippen molar-refractivity contribution in [3.05, 3.63) is 57.6 Å². The van der Waals surface area contributed by atoms with E-state index in [9.17, 15) is 4.39 Å². The molecule has 2 rings (SSSR count). The van der Waals surface area contributed by atoms with Gasteiger partial charge in [-0.3, -0.25) is 0 Å². The number of hydrogen-bond acceptors (Lipinski definition) is 2. The number of nitrogens with zero attached hydrogens (tertiary/aromatic N) is 1. The van der Waals surface area contributed by atoms with Crippen molar-refractivity contribution in [2.45, 2.75) is 26.3 Å². The highest BCUT2D eigenvalue weighted by Crippen LogP contribution is 2.31. The number of pyridine rings is 1. The standard InChI is InChI=1S/C15H15Cl2FN2/c1-3-12(10-6-4-5-7-11(10)18)19-14-9(2)8-13(16)20-15(14)17/h4-8,12,19H,3H2,1-2H3. The Labute approximate surface area is 127 Å². The molecule has 0 saturated heterocycles. The van der Waals surface area contributed by atoms with Crippen LogP contribution in [0.25, 0.3) is 0 Å². The molecule has 1 atom stereocenters. The van der Waals surface area contributed by atoms with E-state index in [1.54, 1.807) is 18.2 Å². The molecule has 0 spiro atoms. The second-order valence-corrected chi connectivity index (χ2v) is 5.30. The van der Waals surface area contributed by atoms with Crippen LogP contribution < -0.4 is 5.32 Å². The van der Waals surface area contributed by atoms with Crippen LogP contribution in [0.2, 0.25) is 10.3 Å². The van der Waals surface area contributed by atoms with Gasteiger partial charge in [-0.15, -0.1) is 0 Å². The maximum Gasteiger partial charge on any atom is 0.154 e. The number of hydrogen-bond donors (Lipinski definition) is 1. The topological polar surface area (TPSA) is 24.9 Å². The average molecular weight is 313 g/mol. The molecule has 5 heteroatoms. The van der Waals surface area contributed by atoms with E-state index in [-0.39, 0.29) is 11.9 Å². The number of aromatic nitrogens is 1. The molecule has 2 nitrogen and oxygen atoms in total. The third-order valence-corrected chi connectivity index (χ3v) is 3.62. The monoisotopic (exact) mass is 312 g/mol. The summed E-state index contributed by atoms with van der Waals surface area (Å²) in [5.74, 6) is -0.234. The summed E-state index contributed by atoms with van der Waals surface area (Å²) in [5.41, 5.74) is 2.18. The summed E-state index contributed by atoms with van der Waals surface area (Å²) < 4.78 is 13.9. The molecule has 1 unspecified atom stereocenters. The van der Waals surface area contributed by atoms with Crippen molar-refractivity contribution in [3.8, 4) is 0 Å². The van der Waals surface area contributed by atoms with E-state index in [1.807, 2.05) is 19.9 Å². The van der Waals surface area contributed by atoms with Crippen LogP contribution in [0.3, 0.4) is 0 Å². The van der Waals surface area contributed by atoms with Crippen molar-refractivity contribution in [2.75, 3.05) is 5.32 Å². The normalized spacial score (nSPS) is 12.2. The van der Waals surface area contributed by atoms with E-state index in [4.69, 9.17) is 23.2 Å². The van der Waals surface area contributed by atoms with Crippen LogP contribution in [0, 0.1) is 12.7 Å². The molecule has 0 aliphatic heterocycles. The van der Waals surface area contributed by atoms with Gasteiger partial charge in [-0.05, 0) is 31.0 Å². The molecule has 2 aromatic rings. The van der Waals surface area contributed by atoms with E-state index in [2.05, 4.69) is 10.3 Å². The predicted octanol–water partition coefficient (Wildman–Crippen LogP) is 5.40. The van der Waals surface area contributed by atoms with Gasteiger partial charge in [0.2, 0.25) is 0 Å². The molecule has 0 amide bonds. The second kappa shape index (κ2) is 6.42. The molecule has 1 aromatic heterocycles. The highest BCUT2D eigenvalue weighted by atomic mass is 35.5. The summed E-state index contributed by atoms with van der Waals surface area (Å²) in [6.45, 7) is 3.87. The predicted molar refractivity (Wildman–Crippen MR) is 82.0 cm³/mol. The number of rotatable bonds is 4. The maximum atomic E-state index is 13.9. The van der Waals surface area contributed by atoms with Crippen molar-refractivity contribution in [3.63, 3.8) is 0 Å². The van der Waals surface area contributed by atoms with Gasteiger partial charge < -0.3 is 5.32 Å². The minimum absolute atomic E-state index is 0.171. The summed E-state index contributed by atoms with van der Waals surface area (Å²) in [5, 5.41) is 3.90.